The normalized spacial score (nSPS) is 18.2. The maximum atomic E-state index is 12.1. The molecule has 0 aliphatic carbocycles. The largest absolute Gasteiger partial charge is 0.383 e. The van der Waals surface area contributed by atoms with Gasteiger partial charge in [-0.3, -0.25) is 4.68 Å². The molecule has 0 saturated carbocycles. The van der Waals surface area contributed by atoms with Crippen molar-refractivity contribution in [2.75, 3.05) is 45.2 Å². The lowest BCUT2D eigenvalue weighted by Gasteiger charge is -2.15. The fourth-order valence-electron chi connectivity index (χ4n) is 3.16. The predicted octanol–water partition coefficient (Wildman–Crippen LogP) is 1.66. The Morgan fingerprint density at radius 3 is 3.17 bits per heavy atom. The van der Waals surface area contributed by atoms with Crippen LogP contribution in [0.1, 0.15) is 6.42 Å². The molecule has 0 spiro atoms. The number of anilines is 1. The molecule has 24 heavy (non-hydrogen) atoms. The van der Waals surface area contributed by atoms with Crippen molar-refractivity contribution >= 4 is 22.6 Å². The molecule has 2 aromatic rings. The van der Waals surface area contributed by atoms with Crippen LogP contribution in [0.3, 0.4) is 0 Å². The van der Waals surface area contributed by atoms with E-state index in [1.807, 2.05) is 29.9 Å². The van der Waals surface area contributed by atoms with Crippen LogP contribution in [0.5, 0.6) is 0 Å². The van der Waals surface area contributed by atoms with Gasteiger partial charge in [-0.2, -0.15) is 5.10 Å². The maximum absolute atomic E-state index is 12.1. The van der Waals surface area contributed by atoms with Gasteiger partial charge in [-0.1, -0.05) is 0 Å². The summed E-state index contributed by atoms with van der Waals surface area (Å²) in [5, 5.41) is 11.1. The Morgan fingerprint density at radius 2 is 2.33 bits per heavy atom. The molecular formula is C17H25N5O2. The van der Waals surface area contributed by atoms with Crippen molar-refractivity contribution in [3.05, 3.63) is 24.4 Å². The van der Waals surface area contributed by atoms with Crippen LogP contribution in [-0.4, -0.2) is 60.6 Å². The lowest BCUT2D eigenvalue weighted by Crippen LogP contribution is -2.34. The van der Waals surface area contributed by atoms with Crippen molar-refractivity contribution in [2.45, 2.75) is 6.42 Å². The van der Waals surface area contributed by atoms with Crippen LogP contribution < -0.4 is 10.6 Å². The highest BCUT2D eigenvalue weighted by molar-refractivity contribution is 5.92. The van der Waals surface area contributed by atoms with E-state index in [2.05, 4.69) is 20.6 Å². The first kappa shape index (κ1) is 16.7. The van der Waals surface area contributed by atoms with Gasteiger partial charge in [0.2, 0.25) is 0 Å². The summed E-state index contributed by atoms with van der Waals surface area (Å²) in [5.74, 6) is 0.508. The van der Waals surface area contributed by atoms with Crippen molar-refractivity contribution in [3.63, 3.8) is 0 Å². The van der Waals surface area contributed by atoms with E-state index < -0.39 is 0 Å². The van der Waals surface area contributed by atoms with Gasteiger partial charge in [0.05, 0.1) is 18.3 Å². The SMILES string of the molecule is COCCN1CC[C@@H](CNC(=O)Nc2ccc3c(cnn3C)c2)C1. The first-order chi connectivity index (χ1) is 11.7. The fraction of sp³-hybridized carbons (Fsp3) is 0.529. The molecule has 1 aliphatic rings. The number of amides is 2. The minimum Gasteiger partial charge on any atom is -0.383 e. The molecule has 7 nitrogen and oxygen atoms in total. The van der Waals surface area contributed by atoms with Gasteiger partial charge >= 0.3 is 6.03 Å². The number of urea groups is 1. The molecule has 0 bridgehead atoms. The molecule has 3 rings (SSSR count). The molecular weight excluding hydrogens is 306 g/mol. The summed E-state index contributed by atoms with van der Waals surface area (Å²) >= 11 is 0. The Balaban J connectivity index is 1.45. The number of nitrogens with zero attached hydrogens (tertiary/aromatic N) is 3. The average Bonchev–Trinajstić information content (AvgIpc) is 3.18. The molecule has 0 unspecified atom stereocenters. The number of nitrogens with one attached hydrogen (secondary N) is 2. The number of aryl methyl sites for hydroxylation is 1. The van der Waals surface area contributed by atoms with Crippen molar-refractivity contribution < 1.29 is 9.53 Å². The van der Waals surface area contributed by atoms with Crippen LogP contribution in [0.4, 0.5) is 10.5 Å². The second kappa shape index (κ2) is 7.63. The van der Waals surface area contributed by atoms with Gasteiger partial charge < -0.3 is 20.3 Å². The number of benzene rings is 1. The number of aromatic nitrogens is 2. The zero-order valence-electron chi connectivity index (χ0n) is 14.3. The summed E-state index contributed by atoms with van der Waals surface area (Å²) in [6.07, 6.45) is 2.91. The van der Waals surface area contributed by atoms with Crippen molar-refractivity contribution in [1.29, 1.82) is 0 Å². The minimum atomic E-state index is -0.159. The van der Waals surface area contributed by atoms with Gasteiger partial charge in [-0.05, 0) is 37.1 Å². The molecule has 7 heteroatoms. The number of fused-ring (bicyclic) bond motifs is 1. The van der Waals surface area contributed by atoms with Crippen LogP contribution in [0.2, 0.25) is 0 Å². The van der Waals surface area contributed by atoms with Crippen molar-refractivity contribution in [1.82, 2.24) is 20.0 Å². The molecule has 2 heterocycles. The summed E-state index contributed by atoms with van der Waals surface area (Å²) in [6, 6.07) is 5.63. The number of carbonyl (C=O) groups is 1. The molecule has 1 aromatic carbocycles. The van der Waals surface area contributed by atoms with E-state index in [9.17, 15) is 4.79 Å². The van der Waals surface area contributed by atoms with Gasteiger partial charge in [0.15, 0.2) is 0 Å². The number of hydrogen-bond donors (Lipinski definition) is 2. The zero-order chi connectivity index (χ0) is 16.9. The molecule has 1 aliphatic heterocycles. The number of ether oxygens (including phenoxy) is 1. The first-order valence-corrected chi connectivity index (χ1v) is 8.33. The summed E-state index contributed by atoms with van der Waals surface area (Å²) in [4.78, 5) is 14.5. The third kappa shape index (κ3) is 4.04. The van der Waals surface area contributed by atoms with E-state index in [0.717, 1.165) is 49.3 Å². The average molecular weight is 331 g/mol. The van der Waals surface area contributed by atoms with Gasteiger partial charge in [-0.15, -0.1) is 0 Å². The molecule has 1 aromatic heterocycles. The van der Waals surface area contributed by atoms with Crippen LogP contribution in [0.25, 0.3) is 10.9 Å². The molecule has 130 valence electrons. The monoisotopic (exact) mass is 331 g/mol. The van der Waals surface area contributed by atoms with Gasteiger partial charge in [0.25, 0.3) is 0 Å². The molecule has 1 saturated heterocycles. The third-order valence-corrected chi connectivity index (χ3v) is 4.54. The Hall–Kier alpha value is -2.12. The van der Waals surface area contributed by atoms with E-state index in [1.54, 1.807) is 13.3 Å². The lowest BCUT2D eigenvalue weighted by atomic mass is 10.1. The number of rotatable bonds is 6. The van der Waals surface area contributed by atoms with Crippen LogP contribution >= 0.6 is 0 Å². The lowest BCUT2D eigenvalue weighted by molar-refractivity contribution is 0.159. The highest BCUT2D eigenvalue weighted by atomic mass is 16.5. The van der Waals surface area contributed by atoms with E-state index in [0.29, 0.717) is 12.5 Å². The predicted molar refractivity (Wildman–Crippen MR) is 94.2 cm³/mol. The quantitative estimate of drug-likeness (QED) is 0.844. The maximum Gasteiger partial charge on any atom is 0.319 e. The fourth-order valence-corrected chi connectivity index (χ4v) is 3.16. The van der Waals surface area contributed by atoms with Gasteiger partial charge in [0.1, 0.15) is 0 Å². The molecule has 1 fully saturated rings. The molecule has 2 N–H and O–H groups in total. The minimum absolute atomic E-state index is 0.159. The Bertz CT molecular complexity index is 699. The number of methoxy groups -OCH3 is 1. The standard InChI is InChI=1S/C17H25N5O2/c1-21-16-4-3-15(9-14(16)11-19-21)20-17(23)18-10-13-5-6-22(12-13)7-8-24-2/h3-4,9,11,13H,5-8,10,12H2,1-2H3,(H2,18,20,23)/t13-/m0/s1. The van der Waals surface area contributed by atoms with E-state index in [-0.39, 0.29) is 6.03 Å². The zero-order valence-corrected chi connectivity index (χ0v) is 14.3. The molecule has 2 amide bonds. The number of likely N-dealkylation sites (tertiary alicyclic amines) is 1. The van der Waals surface area contributed by atoms with E-state index in [1.165, 1.54) is 0 Å². The summed E-state index contributed by atoms with van der Waals surface area (Å²) in [5.41, 5.74) is 1.82. The summed E-state index contributed by atoms with van der Waals surface area (Å²) in [6.45, 7) is 4.52. The number of carbonyl (C=O) groups excluding carboxylic acids is 1. The van der Waals surface area contributed by atoms with Crippen LogP contribution in [-0.2, 0) is 11.8 Å². The number of hydrogen-bond acceptors (Lipinski definition) is 4. The molecule has 1 atom stereocenters. The smallest absolute Gasteiger partial charge is 0.319 e. The molecule has 0 radical (unpaired) electrons. The van der Waals surface area contributed by atoms with E-state index in [4.69, 9.17) is 4.74 Å². The van der Waals surface area contributed by atoms with Gasteiger partial charge in [0, 0.05) is 44.9 Å². The van der Waals surface area contributed by atoms with Gasteiger partial charge in [-0.25, -0.2) is 4.79 Å². The van der Waals surface area contributed by atoms with Crippen molar-refractivity contribution in [3.8, 4) is 0 Å². The second-order valence-corrected chi connectivity index (χ2v) is 6.32. The summed E-state index contributed by atoms with van der Waals surface area (Å²) in [7, 11) is 3.63. The highest BCUT2D eigenvalue weighted by Gasteiger charge is 2.22. The second-order valence-electron chi connectivity index (χ2n) is 6.32. The highest BCUT2D eigenvalue weighted by Crippen LogP contribution is 2.18. The Labute approximate surface area is 141 Å². The summed E-state index contributed by atoms with van der Waals surface area (Å²) < 4.78 is 6.92. The topological polar surface area (TPSA) is 71.4 Å². The van der Waals surface area contributed by atoms with Crippen molar-refractivity contribution in [2.24, 2.45) is 13.0 Å². The Kier molecular flexibility index (Phi) is 5.32. The van der Waals surface area contributed by atoms with Crippen LogP contribution in [0.15, 0.2) is 24.4 Å². The third-order valence-electron chi connectivity index (χ3n) is 4.54. The Morgan fingerprint density at radius 1 is 1.46 bits per heavy atom. The van der Waals surface area contributed by atoms with E-state index >= 15 is 0 Å². The van der Waals surface area contributed by atoms with Crippen LogP contribution in [0, 0.1) is 5.92 Å². The first-order valence-electron chi connectivity index (χ1n) is 8.33.